The first-order valence-corrected chi connectivity index (χ1v) is 7.82. The number of nitrogens with zero attached hydrogens (tertiary/aromatic N) is 1. The monoisotopic (exact) mass is 335 g/mol. The number of benzene rings is 1. The van der Waals surface area contributed by atoms with Crippen LogP contribution in [-0.2, 0) is 21.2 Å². The summed E-state index contributed by atoms with van der Waals surface area (Å²) in [6, 6.07) is 7.22. The number of rotatable bonds is 6. The average molecular weight is 336 g/mol. The maximum Gasteiger partial charge on any atom is 0.241 e. The Hall–Kier alpha value is -1.31. The smallest absolute Gasteiger partial charge is 0.241 e. The first kappa shape index (κ1) is 19.7. The predicted molar refractivity (Wildman–Crippen MR) is 86.9 cm³/mol. The number of carbonyl (C=O) groups is 1. The number of nitrogens with two attached hydrogens (primary N) is 1. The van der Waals surface area contributed by atoms with Crippen molar-refractivity contribution in [2.24, 2.45) is 0 Å². The quantitative estimate of drug-likeness (QED) is 0.746. The molecule has 120 valence electrons. The molecular formula is C13H22ClN3O3S. The lowest BCUT2D eigenvalue weighted by Gasteiger charge is -2.17. The van der Waals surface area contributed by atoms with Gasteiger partial charge in [-0.25, -0.2) is 13.1 Å². The van der Waals surface area contributed by atoms with Crippen LogP contribution in [0, 0.1) is 0 Å². The van der Waals surface area contributed by atoms with Crippen molar-refractivity contribution in [2.75, 3.05) is 26.4 Å². The maximum atomic E-state index is 11.9. The zero-order valence-electron chi connectivity index (χ0n) is 12.4. The largest absolute Gasteiger partial charge is 0.399 e. The molecule has 0 aliphatic carbocycles. The molecule has 0 aromatic heterocycles. The van der Waals surface area contributed by atoms with Crippen molar-refractivity contribution in [3.8, 4) is 0 Å². The molecule has 0 aliphatic rings. The number of nitrogens with one attached hydrogen (secondary N) is 1. The highest BCUT2D eigenvalue weighted by Crippen LogP contribution is 2.06. The summed E-state index contributed by atoms with van der Waals surface area (Å²) in [5.74, 6) is -0.440. The lowest BCUT2D eigenvalue weighted by atomic mass is 10.1. The summed E-state index contributed by atoms with van der Waals surface area (Å²) >= 11 is 0. The zero-order chi connectivity index (χ0) is 15.3. The Morgan fingerprint density at radius 1 is 1.29 bits per heavy atom. The number of sulfonamides is 1. The van der Waals surface area contributed by atoms with Gasteiger partial charge in [-0.2, -0.15) is 0 Å². The van der Waals surface area contributed by atoms with Crippen LogP contribution in [0.3, 0.4) is 0 Å². The number of halogens is 1. The molecular weight excluding hydrogens is 314 g/mol. The highest BCUT2D eigenvalue weighted by Gasteiger charge is 2.28. The summed E-state index contributed by atoms with van der Waals surface area (Å²) in [6.07, 6.45) is 0.544. The highest BCUT2D eigenvalue weighted by molar-refractivity contribution is 7.90. The number of nitrogen functional groups attached to an aromatic ring is 1. The van der Waals surface area contributed by atoms with E-state index in [9.17, 15) is 13.2 Å². The summed E-state index contributed by atoms with van der Waals surface area (Å²) in [7, 11) is -0.588. The number of amides is 1. The molecule has 1 rings (SSSR count). The SMILES string of the molecule is CC(C(=O)N(C)C)S(=O)(=O)NCCc1ccc(N)cc1.Cl. The standard InChI is InChI=1S/C13H21N3O3S.ClH/c1-10(13(17)16(2)3)20(18,19)15-9-8-11-4-6-12(14)7-5-11;/h4-7,10,15H,8-9,14H2,1-3H3;1H. The van der Waals surface area contributed by atoms with Crippen LogP contribution in [-0.4, -0.2) is 45.1 Å². The molecule has 0 radical (unpaired) electrons. The summed E-state index contributed by atoms with van der Waals surface area (Å²) < 4.78 is 26.3. The van der Waals surface area contributed by atoms with Crippen LogP contribution in [0.4, 0.5) is 5.69 Å². The van der Waals surface area contributed by atoms with Gasteiger partial charge in [-0.05, 0) is 31.0 Å². The van der Waals surface area contributed by atoms with Gasteiger partial charge < -0.3 is 10.6 Å². The van der Waals surface area contributed by atoms with E-state index >= 15 is 0 Å². The van der Waals surface area contributed by atoms with Crippen LogP contribution in [0.15, 0.2) is 24.3 Å². The molecule has 21 heavy (non-hydrogen) atoms. The fraction of sp³-hybridized carbons (Fsp3) is 0.462. The molecule has 0 aliphatic heterocycles. The topological polar surface area (TPSA) is 92.5 Å². The van der Waals surface area contributed by atoms with Crippen molar-refractivity contribution in [1.82, 2.24) is 9.62 Å². The van der Waals surface area contributed by atoms with Gasteiger partial charge in [-0.1, -0.05) is 12.1 Å². The lowest BCUT2D eigenvalue weighted by molar-refractivity contribution is -0.127. The molecule has 0 saturated heterocycles. The number of carbonyl (C=O) groups excluding carboxylic acids is 1. The van der Waals surface area contributed by atoms with E-state index in [0.717, 1.165) is 5.56 Å². The fourth-order valence-electron chi connectivity index (χ4n) is 1.64. The van der Waals surface area contributed by atoms with Crippen LogP contribution in [0.5, 0.6) is 0 Å². The van der Waals surface area contributed by atoms with Crippen molar-refractivity contribution >= 4 is 34.0 Å². The van der Waals surface area contributed by atoms with E-state index in [0.29, 0.717) is 12.1 Å². The van der Waals surface area contributed by atoms with E-state index in [-0.39, 0.29) is 19.0 Å². The van der Waals surface area contributed by atoms with Crippen LogP contribution < -0.4 is 10.5 Å². The second-order valence-corrected chi connectivity index (χ2v) is 6.89. The summed E-state index contributed by atoms with van der Waals surface area (Å²) in [6.45, 7) is 1.63. The summed E-state index contributed by atoms with van der Waals surface area (Å²) in [5.41, 5.74) is 7.22. The Balaban J connectivity index is 0.00000400. The van der Waals surface area contributed by atoms with Gasteiger partial charge in [0.1, 0.15) is 0 Å². The molecule has 0 bridgehead atoms. The Morgan fingerprint density at radius 3 is 2.29 bits per heavy atom. The maximum absolute atomic E-state index is 11.9. The Kier molecular flexibility index (Phi) is 7.70. The second-order valence-electron chi connectivity index (χ2n) is 4.81. The molecule has 1 atom stereocenters. The van der Waals surface area contributed by atoms with Gasteiger partial charge in [0.05, 0.1) is 0 Å². The van der Waals surface area contributed by atoms with Crippen molar-refractivity contribution in [3.63, 3.8) is 0 Å². The third-order valence-electron chi connectivity index (χ3n) is 2.95. The normalized spacial score (nSPS) is 12.3. The van der Waals surface area contributed by atoms with Crippen molar-refractivity contribution in [2.45, 2.75) is 18.6 Å². The molecule has 3 N–H and O–H groups in total. The second kappa shape index (κ2) is 8.21. The molecule has 0 saturated carbocycles. The molecule has 1 aromatic rings. The summed E-state index contributed by atoms with van der Waals surface area (Å²) in [5, 5.41) is -1.09. The number of hydrogen-bond acceptors (Lipinski definition) is 4. The highest BCUT2D eigenvalue weighted by atomic mass is 35.5. The van der Waals surface area contributed by atoms with Gasteiger partial charge in [0.15, 0.2) is 5.25 Å². The first-order valence-electron chi connectivity index (χ1n) is 6.28. The average Bonchev–Trinajstić information content (AvgIpc) is 2.39. The van der Waals surface area contributed by atoms with E-state index < -0.39 is 21.2 Å². The van der Waals surface area contributed by atoms with E-state index in [2.05, 4.69) is 4.72 Å². The third-order valence-corrected chi connectivity index (χ3v) is 4.69. The molecule has 1 amide bonds. The minimum Gasteiger partial charge on any atom is -0.399 e. The molecule has 6 nitrogen and oxygen atoms in total. The van der Waals surface area contributed by atoms with Crippen LogP contribution in [0.1, 0.15) is 12.5 Å². The molecule has 8 heteroatoms. The fourth-order valence-corrected chi connectivity index (χ4v) is 2.76. The Labute approximate surface area is 132 Å². The minimum atomic E-state index is -3.65. The zero-order valence-corrected chi connectivity index (χ0v) is 14.0. The molecule has 0 spiro atoms. The number of hydrogen-bond donors (Lipinski definition) is 2. The van der Waals surface area contributed by atoms with Gasteiger partial charge in [0.25, 0.3) is 0 Å². The molecule has 1 aromatic carbocycles. The lowest BCUT2D eigenvalue weighted by Crippen LogP contribution is -2.43. The van der Waals surface area contributed by atoms with E-state index in [1.165, 1.54) is 25.9 Å². The molecule has 0 heterocycles. The van der Waals surface area contributed by atoms with Gasteiger partial charge in [-0.3, -0.25) is 4.79 Å². The number of anilines is 1. The first-order chi connectivity index (χ1) is 9.24. The van der Waals surface area contributed by atoms with Crippen molar-refractivity contribution in [3.05, 3.63) is 29.8 Å². The minimum absolute atomic E-state index is 0. The van der Waals surface area contributed by atoms with Gasteiger partial charge in [0.2, 0.25) is 15.9 Å². The van der Waals surface area contributed by atoms with Crippen molar-refractivity contribution in [1.29, 1.82) is 0 Å². The predicted octanol–water partition coefficient (Wildman–Crippen LogP) is 0.629. The Morgan fingerprint density at radius 2 is 1.81 bits per heavy atom. The third kappa shape index (κ3) is 5.91. The van der Waals surface area contributed by atoms with E-state index in [1.54, 1.807) is 12.1 Å². The Bertz CT molecular complexity index is 559. The van der Waals surface area contributed by atoms with Crippen molar-refractivity contribution < 1.29 is 13.2 Å². The van der Waals surface area contributed by atoms with Gasteiger partial charge >= 0.3 is 0 Å². The van der Waals surface area contributed by atoms with E-state index in [4.69, 9.17) is 5.73 Å². The van der Waals surface area contributed by atoms with E-state index in [1.807, 2.05) is 12.1 Å². The molecule has 0 fully saturated rings. The van der Waals surface area contributed by atoms with Crippen LogP contribution in [0.2, 0.25) is 0 Å². The molecule has 1 unspecified atom stereocenters. The van der Waals surface area contributed by atoms with Crippen LogP contribution >= 0.6 is 12.4 Å². The van der Waals surface area contributed by atoms with Crippen LogP contribution in [0.25, 0.3) is 0 Å². The van der Waals surface area contributed by atoms with Gasteiger partial charge in [0, 0.05) is 26.3 Å². The summed E-state index contributed by atoms with van der Waals surface area (Å²) in [4.78, 5) is 12.9. The van der Waals surface area contributed by atoms with Gasteiger partial charge in [-0.15, -0.1) is 12.4 Å².